The second kappa shape index (κ2) is 6.88. The van der Waals surface area contributed by atoms with Gasteiger partial charge in [0.2, 0.25) is 0 Å². The maximum Gasteiger partial charge on any atom is 0.329 e. The summed E-state index contributed by atoms with van der Waals surface area (Å²) in [5, 5.41) is 23.3. The molecule has 2 aromatic rings. The first-order chi connectivity index (χ1) is 12.1. The van der Waals surface area contributed by atoms with E-state index in [1.54, 1.807) is 18.2 Å². The number of tetrazole rings is 1. The molecule has 0 spiro atoms. The molecule has 9 nitrogen and oxygen atoms in total. The monoisotopic (exact) mass is 345 g/mol. The molecule has 2 N–H and O–H groups in total. The molecule has 0 bridgehead atoms. The van der Waals surface area contributed by atoms with Crippen molar-refractivity contribution in [3.8, 4) is 11.4 Å². The van der Waals surface area contributed by atoms with E-state index in [1.807, 2.05) is 0 Å². The Labute approximate surface area is 144 Å². The van der Waals surface area contributed by atoms with Crippen molar-refractivity contribution in [3.63, 3.8) is 0 Å². The first-order valence-electron chi connectivity index (χ1n) is 8.03. The third-order valence-electron chi connectivity index (χ3n) is 4.51. The molecule has 1 aromatic heterocycles. The lowest BCUT2D eigenvalue weighted by atomic mass is 9.81. The van der Waals surface area contributed by atoms with Gasteiger partial charge >= 0.3 is 5.97 Å². The molecular formula is C16H19N5O4. The highest BCUT2D eigenvalue weighted by Gasteiger charge is 2.41. The average molecular weight is 345 g/mol. The standard InChI is InChI=1S/C16H19N5O4/c1-25-13-6-5-11(9-12(13)21-10-17-19-20-21)14(22)18-16(15(23)24)7-3-2-4-8-16/h5-6,9-10H,2-4,7-8H2,1H3,(H,18,22)(H,23,24). The van der Waals surface area contributed by atoms with Gasteiger partial charge in [-0.15, -0.1) is 5.10 Å². The van der Waals surface area contributed by atoms with Crippen LogP contribution in [-0.4, -0.2) is 49.8 Å². The van der Waals surface area contributed by atoms with Crippen LogP contribution >= 0.6 is 0 Å². The lowest BCUT2D eigenvalue weighted by molar-refractivity contribution is -0.145. The number of ether oxygens (including phenoxy) is 1. The predicted molar refractivity (Wildman–Crippen MR) is 86.6 cm³/mol. The number of methoxy groups -OCH3 is 1. The SMILES string of the molecule is COc1ccc(C(=O)NC2(C(=O)O)CCCCC2)cc1-n1cnnn1. The molecule has 1 aliphatic rings. The van der Waals surface area contributed by atoms with Crippen LogP contribution in [-0.2, 0) is 4.79 Å². The minimum Gasteiger partial charge on any atom is -0.494 e. The number of nitrogens with one attached hydrogen (secondary N) is 1. The number of carboxylic acid groups (broad SMARTS) is 1. The quantitative estimate of drug-likeness (QED) is 0.835. The van der Waals surface area contributed by atoms with Gasteiger partial charge in [-0.1, -0.05) is 19.3 Å². The number of aromatic nitrogens is 4. The van der Waals surface area contributed by atoms with E-state index in [9.17, 15) is 14.7 Å². The van der Waals surface area contributed by atoms with E-state index in [0.717, 1.165) is 19.3 Å². The van der Waals surface area contributed by atoms with Gasteiger partial charge in [0.25, 0.3) is 5.91 Å². The van der Waals surface area contributed by atoms with Crippen LogP contribution in [0.3, 0.4) is 0 Å². The Hall–Kier alpha value is -2.97. The Morgan fingerprint density at radius 1 is 1.28 bits per heavy atom. The molecule has 1 aliphatic carbocycles. The summed E-state index contributed by atoms with van der Waals surface area (Å²) in [4.78, 5) is 24.4. The summed E-state index contributed by atoms with van der Waals surface area (Å²) in [7, 11) is 1.50. The van der Waals surface area contributed by atoms with Gasteiger partial charge in [0.05, 0.1) is 7.11 Å². The highest BCUT2D eigenvalue weighted by atomic mass is 16.5. The first-order valence-corrected chi connectivity index (χ1v) is 8.03. The van der Waals surface area contributed by atoms with E-state index >= 15 is 0 Å². The van der Waals surface area contributed by atoms with Crippen LogP contribution in [0, 0.1) is 0 Å². The Morgan fingerprint density at radius 2 is 2.04 bits per heavy atom. The molecule has 0 saturated heterocycles. The molecular weight excluding hydrogens is 326 g/mol. The number of rotatable bonds is 5. The van der Waals surface area contributed by atoms with Gasteiger partial charge < -0.3 is 15.2 Å². The van der Waals surface area contributed by atoms with Gasteiger partial charge in [-0.05, 0) is 41.5 Å². The van der Waals surface area contributed by atoms with Crippen LogP contribution < -0.4 is 10.1 Å². The Balaban J connectivity index is 1.89. The second-order valence-electron chi connectivity index (χ2n) is 6.04. The molecule has 1 amide bonds. The summed E-state index contributed by atoms with van der Waals surface area (Å²) >= 11 is 0. The zero-order valence-corrected chi connectivity index (χ0v) is 13.8. The van der Waals surface area contributed by atoms with E-state index in [1.165, 1.54) is 18.1 Å². The number of hydrogen-bond donors (Lipinski definition) is 2. The third-order valence-corrected chi connectivity index (χ3v) is 4.51. The predicted octanol–water partition coefficient (Wildman–Crippen LogP) is 1.19. The molecule has 1 fully saturated rings. The molecule has 0 aliphatic heterocycles. The molecule has 0 radical (unpaired) electrons. The fourth-order valence-electron chi connectivity index (χ4n) is 3.12. The zero-order valence-electron chi connectivity index (χ0n) is 13.8. The fourth-order valence-corrected chi connectivity index (χ4v) is 3.12. The molecule has 25 heavy (non-hydrogen) atoms. The summed E-state index contributed by atoms with van der Waals surface area (Å²) in [5.74, 6) is -0.939. The number of carboxylic acids is 1. The minimum absolute atomic E-state index is 0.317. The number of carbonyl (C=O) groups excluding carboxylic acids is 1. The summed E-state index contributed by atoms with van der Waals surface area (Å²) in [6.45, 7) is 0. The van der Waals surface area contributed by atoms with E-state index < -0.39 is 17.4 Å². The second-order valence-corrected chi connectivity index (χ2v) is 6.04. The molecule has 1 aromatic carbocycles. The average Bonchev–Trinajstić information content (AvgIpc) is 3.16. The highest BCUT2D eigenvalue weighted by Crippen LogP contribution is 2.29. The van der Waals surface area contributed by atoms with Crippen molar-refractivity contribution < 1.29 is 19.4 Å². The van der Waals surface area contributed by atoms with E-state index in [0.29, 0.717) is 29.8 Å². The molecule has 3 rings (SSSR count). The first kappa shape index (κ1) is 16.9. The number of carbonyl (C=O) groups is 2. The molecule has 132 valence electrons. The van der Waals surface area contributed by atoms with Crippen LogP contribution in [0.25, 0.3) is 5.69 Å². The highest BCUT2D eigenvalue weighted by molar-refractivity contribution is 5.98. The van der Waals surface area contributed by atoms with Crippen LogP contribution in [0.1, 0.15) is 42.5 Å². The molecule has 1 heterocycles. The van der Waals surface area contributed by atoms with Crippen LogP contribution in [0.2, 0.25) is 0 Å². The summed E-state index contributed by atoms with van der Waals surface area (Å²) in [5.41, 5.74) is -0.393. The van der Waals surface area contributed by atoms with Crippen molar-refractivity contribution in [2.75, 3.05) is 7.11 Å². The van der Waals surface area contributed by atoms with Crippen molar-refractivity contribution in [1.82, 2.24) is 25.5 Å². The number of benzene rings is 1. The lowest BCUT2D eigenvalue weighted by Crippen LogP contribution is -2.55. The van der Waals surface area contributed by atoms with Gasteiger partial charge in [0.15, 0.2) is 0 Å². The molecule has 9 heteroatoms. The van der Waals surface area contributed by atoms with Gasteiger partial charge in [0, 0.05) is 5.56 Å². The Kier molecular flexibility index (Phi) is 4.64. The van der Waals surface area contributed by atoms with Crippen LogP contribution in [0.4, 0.5) is 0 Å². The topological polar surface area (TPSA) is 119 Å². The van der Waals surface area contributed by atoms with Crippen LogP contribution in [0.5, 0.6) is 5.75 Å². The lowest BCUT2D eigenvalue weighted by Gasteiger charge is -2.34. The van der Waals surface area contributed by atoms with Crippen molar-refractivity contribution >= 4 is 11.9 Å². The number of nitrogens with zero attached hydrogens (tertiary/aromatic N) is 4. The molecule has 1 saturated carbocycles. The zero-order chi connectivity index (χ0) is 17.9. The van der Waals surface area contributed by atoms with Gasteiger partial charge in [-0.3, -0.25) is 4.79 Å². The normalized spacial score (nSPS) is 16.2. The number of aliphatic carboxylic acids is 1. The largest absolute Gasteiger partial charge is 0.494 e. The Bertz CT molecular complexity index is 769. The van der Waals surface area contributed by atoms with Crippen molar-refractivity contribution in [2.45, 2.75) is 37.6 Å². The van der Waals surface area contributed by atoms with E-state index in [2.05, 4.69) is 20.8 Å². The summed E-state index contributed by atoms with van der Waals surface area (Å²) < 4.78 is 6.65. The van der Waals surface area contributed by atoms with Crippen molar-refractivity contribution in [3.05, 3.63) is 30.1 Å². The summed E-state index contributed by atoms with van der Waals surface area (Å²) in [6.07, 6.45) is 4.81. The van der Waals surface area contributed by atoms with Crippen LogP contribution in [0.15, 0.2) is 24.5 Å². The van der Waals surface area contributed by atoms with Gasteiger partial charge in [0.1, 0.15) is 23.3 Å². The van der Waals surface area contributed by atoms with E-state index in [4.69, 9.17) is 4.74 Å². The Morgan fingerprint density at radius 3 is 2.64 bits per heavy atom. The van der Waals surface area contributed by atoms with E-state index in [-0.39, 0.29) is 0 Å². The number of amides is 1. The van der Waals surface area contributed by atoms with Gasteiger partial charge in [-0.25, -0.2) is 4.79 Å². The van der Waals surface area contributed by atoms with Gasteiger partial charge in [-0.2, -0.15) is 4.68 Å². The van der Waals surface area contributed by atoms with Crippen molar-refractivity contribution in [2.24, 2.45) is 0 Å². The van der Waals surface area contributed by atoms with Crippen molar-refractivity contribution in [1.29, 1.82) is 0 Å². The maximum atomic E-state index is 12.7. The smallest absolute Gasteiger partial charge is 0.329 e. The maximum absolute atomic E-state index is 12.7. The molecule has 0 unspecified atom stereocenters. The number of hydrogen-bond acceptors (Lipinski definition) is 6. The fraction of sp³-hybridized carbons (Fsp3) is 0.438. The minimum atomic E-state index is -1.20. The molecule has 0 atom stereocenters. The summed E-state index contributed by atoms with van der Waals surface area (Å²) in [6, 6.07) is 4.78. The third kappa shape index (κ3) is 3.30.